The highest BCUT2D eigenvalue weighted by atomic mass is 16.3. The molecule has 0 bridgehead atoms. The van der Waals surface area contributed by atoms with Gasteiger partial charge in [0, 0.05) is 0 Å². The Morgan fingerprint density at radius 3 is 2.33 bits per heavy atom. The zero-order valence-electron chi connectivity index (χ0n) is 6.09. The fourth-order valence-electron chi connectivity index (χ4n) is 0.575. The van der Waals surface area contributed by atoms with E-state index in [-0.39, 0.29) is 0 Å². The molecule has 0 aromatic carbocycles. The van der Waals surface area contributed by atoms with E-state index in [1.54, 1.807) is 0 Å². The van der Waals surface area contributed by atoms with Gasteiger partial charge in [0.2, 0.25) is 0 Å². The van der Waals surface area contributed by atoms with Crippen molar-refractivity contribution in [1.82, 2.24) is 0 Å². The van der Waals surface area contributed by atoms with Gasteiger partial charge in [-0.2, -0.15) is 0 Å². The maximum Gasteiger partial charge on any atom is 0.114 e. The first-order valence-electron chi connectivity index (χ1n) is 3.31. The van der Waals surface area contributed by atoms with Gasteiger partial charge in [0.15, 0.2) is 0 Å². The number of aliphatic hydroxyl groups excluding tert-OH is 1. The van der Waals surface area contributed by atoms with Crippen molar-refractivity contribution in [1.29, 1.82) is 0 Å². The Bertz CT molecular complexity index is 99.6. The predicted octanol–water partition coefficient (Wildman–Crippen LogP) is 1.42. The van der Waals surface area contributed by atoms with E-state index in [9.17, 15) is 0 Å². The summed E-state index contributed by atoms with van der Waals surface area (Å²) >= 11 is 0. The minimum atomic E-state index is -0.535. The second-order valence-corrected chi connectivity index (χ2v) is 2.65. The summed E-state index contributed by atoms with van der Waals surface area (Å²) in [6.07, 6.45) is 6.16. The minimum Gasteiger partial charge on any atom is -0.380 e. The summed E-state index contributed by atoms with van der Waals surface area (Å²) in [5.41, 5.74) is 0. The SMILES string of the molecule is C#C[C@@H](O)CCC(C)C. The summed E-state index contributed by atoms with van der Waals surface area (Å²) in [6.45, 7) is 4.23. The monoisotopic (exact) mass is 126 g/mol. The first-order chi connectivity index (χ1) is 4.16. The van der Waals surface area contributed by atoms with Gasteiger partial charge in [-0.1, -0.05) is 19.8 Å². The van der Waals surface area contributed by atoms with Crippen molar-refractivity contribution in [3.05, 3.63) is 0 Å². The Morgan fingerprint density at radius 2 is 2.00 bits per heavy atom. The lowest BCUT2D eigenvalue weighted by Gasteiger charge is -2.04. The van der Waals surface area contributed by atoms with Crippen molar-refractivity contribution in [2.75, 3.05) is 0 Å². The maximum absolute atomic E-state index is 8.87. The Hall–Kier alpha value is -0.480. The number of aliphatic hydroxyl groups is 1. The van der Waals surface area contributed by atoms with Crippen LogP contribution in [0.25, 0.3) is 0 Å². The Balaban J connectivity index is 3.19. The minimum absolute atomic E-state index is 0.535. The Kier molecular flexibility index (Phi) is 4.17. The quantitative estimate of drug-likeness (QED) is 0.567. The lowest BCUT2D eigenvalue weighted by Crippen LogP contribution is -2.03. The van der Waals surface area contributed by atoms with Crippen LogP contribution in [0.5, 0.6) is 0 Å². The van der Waals surface area contributed by atoms with E-state index in [1.165, 1.54) is 0 Å². The molecule has 0 unspecified atom stereocenters. The van der Waals surface area contributed by atoms with Gasteiger partial charge in [0.1, 0.15) is 6.10 Å². The molecule has 1 nitrogen and oxygen atoms in total. The summed E-state index contributed by atoms with van der Waals surface area (Å²) in [5, 5.41) is 8.87. The number of rotatable bonds is 3. The summed E-state index contributed by atoms with van der Waals surface area (Å²) in [6, 6.07) is 0. The van der Waals surface area contributed by atoms with E-state index in [2.05, 4.69) is 19.8 Å². The van der Waals surface area contributed by atoms with Crippen molar-refractivity contribution < 1.29 is 5.11 Å². The second-order valence-electron chi connectivity index (χ2n) is 2.65. The molecule has 0 aliphatic rings. The molecule has 0 fully saturated rings. The molecule has 0 aromatic heterocycles. The summed E-state index contributed by atoms with van der Waals surface area (Å²) in [4.78, 5) is 0. The van der Waals surface area contributed by atoms with Crippen molar-refractivity contribution in [3.63, 3.8) is 0 Å². The van der Waals surface area contributed by atoms with E-state index in [0.29, 0.717) is 5.92 Å². The fourth-order valence-corrected chi connectivity index (χ4v) is 0.575. The molecule has 0 saturated heterocycles. The van der Waals surface area contributed by atoms with Crippen LogP contribution in [-0.2, 0) is 0 Å². The van der Waals surface area contributed by atoms with Gasteiger partial charge < -0.3 is 5.11 Å². The molecule has 1 heteroatoms. The highest BCUT2D eigenvalue weighted by Gasteiger charge is 1.99. The van der Waals surface area contributed by atoms with E-state index in [1.807, 2.05) is 0 Å². The van der Waals surface area contributed by atoms with Crippen LogP contribution in [0.2, 0.25) is 0 Å². The van der Waals surface area contributed by atoms with Gasteiger partial charge in [-0.15, -0.1) is 6.42 Å². The van der Waals surface area contributed by atoms with Crippen LogP contribution in [-0.4, -0.2) is 11.2 Å². The molecule has 52 valence electrons. The lowest BCUT2D eigenvalue weighted by atomic mass is 10.1. The van der Waals surface area contributed by atoms with Crippen LogP contribution in [0.4, 0.5) is 0 Å². The molecule has 1 atom stereocenters. The molecule has 0 saturated carbocycles. The summed E-state index contributed by atoms with van der Waals surface area (Å²) in [7, 11) is 0. The first-order valence-corrected chi connectivity index (χ1v) is 3.31. The predicted molar refractivity (Wildman–Crippen MR) is 38.9 cm³/mol. The van der Waals surface area contributed by atoms with Crippen LogP contribution in [0, 0.1) is 18.3 Å². The van der Waals surface area contributed by atoms with Gasteiger partial charge in [0.05, 0.1) is 0 Å². The van der Waals surface area contributed by atoms with Crippen LogP contribution >= 0.6 is 0 Å². The molecule has 0 spiro atoms. The maximum atomic E-state index is 8.87. The van der Waals surface area contributed by atoms with Crippen molar-refractivity contribution >= 4 is 0 Å². The zero-order valence-corrected chi connectivity index (χ0v) is 6.09. The molecule has 0 radical (unpaired) electrons. The number of hydrogen-bond acceptors (Lipinski definition) is 1. The normalized spacial score (nSPS) is 13.2. The summed E-state index contributed by atoms with van der Waals surface area (Å²) < 4.78 is 0. The zero-order chi connectivity index (χ0) is 7.28. The smallest absolute Gasteiger partial charge is 0.114 e. The van der Waals surface area contributed by atoms with Crippen LogP contribution in [0.1, 0.15) is 26.7 Å². The van der Waals surface area contributed by atoms with Gasteiger partial charge >= 0.3 is 0 Å². The van der Waals surface area contributed by atoms with Crippen LogP contribution in [0.15, 0.2) is 0 Å². The number of terminal acetylenes is 1. The highest BCUT2D eigenvalue weighted by Crippen LogP contribution is 2.05. The third-order valence-corrected chi connectivity index (χ3v) is 1.21. The first kappa shape index (κ1) is 8.52. The Labute approximate surface area is 57.1 Å². The van der Waals surface area contributed by atoms with Gasteiger partial charge in [0.25, 0.3) is 0 Å². The largest absolute Gasteiger partial charge is 0.380 e. The van der Waals surface area contributed by atoms with E-state index < -0.39 is 6.10 Å². The third-order valence-electron chi connectivity index (χ3n) is 1.21. The molecule has 0 rings (SSSR count). The molecule has 9 heavy (non-hydrogen) atoms. The average molecular weight is 126 g/mol. The van der Waals surface area contributed by atoms with Crippen molar-refractivity contribution in [3.8, 4) is 12.3 Å². The average Bonchev–Trinajstić information content (AvgIpc) is 1.83. The standard InChI is InChI=1S/C8H14O/c1-4-8(9)6-5-7(2)3/h1,7-9H,5-6H2,2-3H3/t8-/m1/s1. The van der Waals surface area contributed by atoms with Gasteiger partial charge in [-0.25, -0.2) is 0 Å². The fraction of sp³-hybridized carbons (Fsp3) is 0.750. The summed E-state index contributed by atoms with van der Waals surface area (Å²) in [5.74, 6) is 2.91. The van der Waals surface area contributed by atoms with Crippen molar-refractivity contribution in [2.24, 2.45) is 5.92 Å². The topological polar surface area (TPSA) is 20.2 Å². The van der Waals surface area contributed by atoms with Crippen LogP contribution in [0.3, 0.4) is 0 Å². The molecule has 0 aliphatic heterocycles. The third kappa shape index (κ3) is 5.39. The Morgan fingerprint density at radius 1 is 1.44 bits per heavy atom. The van der Waals surface area contributed by atoms with Crippen molar-refractivity contribution in [2.45, 2.75) is 32.8 Å². The van der Waals surface area contributed by atoms with Crippen LogP contribution < -0.4 is 0 Å². The lowest BCUT2D eigenvalue weighted by molar-refractivity contribution is 0.212. The molecule has 1 N–H and O–H groups in total. The molecule has 0 amide bonds. The molecular formula is C8H14O. The van der Waals surface area contributed by atoms with Gasteiger partial charge in [-0.3, -0.25) is 0 Å². The highest BCUT2D eigenvalue weighted by molar-refractivity contribution is 4.92. The molecule has 0 aromatic rings. The van der Waals surface area contributed by atoms with E-state index >= 15 is 0 Å². The molecular weight excluding hydrogens is 112 g/mol. The van der Waals surface area contributed by atoms with E-state index in [0.717, 1.165) is 12.8 Å². The van der Waals surface area contributed by atoms with E-state index in [4.69, 9.17) is 11.5 Å². The molecule has 0 heterocycles. The number of hydrogen-bond donors (Lipinski definition) is 1. The molecule has 0 aliphatic carbocycles. The van der Waals surface area contributed by atoms with Gasteiger partial charge in [-0.05, 0) is 18.8 Å². The second kappa shape index (κ2) is 4.40.